The van der Waals surface area contributed by atoms with Crippen molar-refractivity contribution < 1.29 is 19.4 Å². The van der Waals surface area contributed by atoms with Crippen molar-refractivity contribution in [2.24, 2.45) is 11.7 Å². The lowest BCUT2D eigenvalue weighted by atomic mass is 10.1. The fourth-order valence-electron chi connectivity index (χ4n) is 1.53. The van der Waals surface area contributed by atoms with Crippen LogP contribution in [0.3, 0.4) is 0 Å². The van der Waals surface area contributed by atoms with Gasteiger partial charge in [0.25, 0.3) is 0 Å². The molecule has 0 aromatic heterocycles. The zero-order chi connectivity index (χ0) is 13.5. The number of carboxylic acids is 1. The third-order valence-electron chi connectivity index (χ3n) is 2.98. The Balaban J connectivity index is 2.11. The largest absolute Gasteiger partial charge is 0.481 e. The zero-order valence-electron chi connectivity index (χ0n) is 10.8. The molecule has 6 heteroatoms. The summed E-state index contributed by atoms with van der Waals surface area (Å²) in [4.78, 5) is 23.6. The molecular weight excluding hydrogens is 236 g/mol. The lowest BCUT2D eigenvalue weighted by molar-refractivity contribution is -0.137. The maximum atomic E-state index is 11.7. The van der Waals surface area contributed by atoms with Gasteiger partial charge in [0, 0.05) is 26.6 Å². The highest BCUT2D eigenvalue weighted by atomic mass is 16.5. The molecule has 0 aliphatic heterocycles. The summed E-state index contributed by atoms with van der Waals surface area (Å²) >= 11 is 0. The van der Waals surface area contributed by atoms with E-state index in [4.69, 9.17) is 15.6 Å². The third kappa shape index (κ3) is 5.97. The lowest BCUT2D eigenvalue weighted by Gasteiger charge is -2.20. The van der Waals surface area contributed by atoms with E-state index in [0.29, 0.717) is 19.1 Å². The van der Waals surface area contributed by atoms with Crippen LogP contribution in [0.2, 0.25) is 0 Å². The van der Waals surface area contributed by atoms with Crippen LogP contribution >= 0.6 is 0 Å². The van der Waals surface area contributed by atoms with Gasteiger partial charge < -0.3 is 20.5 Å². The van der Waals surface area contributed by atoms with Gasteiger partial charge in [-0.3, -0.25) is 9.59 Å². The molecule has 0 radical (unpaired) electrons. The molecule has 1 saturated carbocycles. The summed E-state index contributed by atoms with van der Waals surface area (Å²) in [5.41, 5.74) is 5.63. The molecule has 0 bridgehead atoms. The molecular formula is C12H22N2O4. The average Bonchev–Trinajstić information content (AvgIpc) is 3.14. The van der Waals surface area contributed by atoms with Crippen molar-refractivity contribution in [2.45, 2.75) is 31.7 Å². The number of rotatable bonds is 9. The Labute approximate surface area is 107 Å². The highest BCUT2D eigenvalue weighted by molar-refractivity contribution is 5.82. The first kappa shape index (κ1) is 14.9. The van der Waals surface area contributed by atoms with Crippen LogP contribution in [0.1, 0.15) is 25.7 Å². The van der Waals surface area contributed by atoms with E-state index in [1.54, 1.807) is 7.05 Å². The number of aliphatic carboxylic acids is 1. The van der Waals surface area contributed by atoms with Crippen LogP contribution in [0, 0.1) is 5.92 Å². The fourth-order valence-corrected chi connectivity index (χ4v) is 1.53. The summed E-state index contributed by atoms with van der Waals surface area (Å²) in [6.45, 7) is 1.77. The summed E-state index contributed by atoms with van der Waals surface area (Å²) in [6.07, 6.45) is 2.57. The first-order valence-electron chi connectivity index (χ1n) is 6.30. The second kappa shape index (κ2) is 7.33. The van der Waals surface area contributed by atoms with Crippen molar-refractivity contribution in [1.82, 2.24) is 4.90 Å². The minimum absolute atomic E-state index is 0.0844. The van der Waals surface area contributed by atoms with Gasteiger partial charge in [0.1, 0.15) is 0 Å². The van der Waals surface area contributed by atoms with Crippen LogP contribution < -0.4 is 5.73 Å². The van der Waals surface area contributed by atoms with Crippen molar-refractivity contribution >= 4 is 11.9 Å². The van der Waals surface area contributed by atoms with E-state index in [2.05, 4.69) is 0 Å². The van der Waals surface area contributed by atoms with Crippen LogP contribution in [0.4, 0.5) is 0 Å². The number of carboxylic acid groups (broad SMARTS) is 1. The molecule has 0 saturated heterocycles. The Morgan fingerprint density at radius 3 is 2.72 bits per heavy atom. The normalized spacial score (nSPS) is 16.3. The van der Waals surface area contributed by atoms with Crippen molar-refractivity contribution in [3.63, 3.8) is 0 Å². The highest BCUT2D eigenvalue weighted by Gasteiger charge is 2.22. The van der Waals surface area contributed by atoms with Gasteiger partial charge in [-0.1, -0.05) is 0 Å². The molecule has 104 valence electrons. The van der Waals surface area contributed by atoms with Gasteiger partial charge in [0.2, 0.25) is 5.91 Å². The predicted molar refractivity (Wildman–Crippen MR) is 66.0 cm³/mol. The molecule has 0 aromatic carbocycles. The number of hydrogen-bond donors (Lipinski definition) is 2. The van der Waals surface area contributed by atoms with E-state index in [1.165, 1.54) is 17.7 Å². The van der Waals surface area contributed by atoms with Crippen molar-refractivity contribution in [1.29, 1.82) is 0 Å². The summed E-state index contributed by atoms with van der Waals surface area (Å²) in [5.74, 6) is -0.455. The SMILES string of the molecule is CN(CCOCC1CC1)C(=O)C(N)CCC(=O)O. The zero-order valence-corrected chi connectivity index (χ0v) is 10.8. The number of carbonyl (C=O) groups excluding carboxylic acids is 1. The Bertz CT molecular complexity index is 292. The van der Waals surface area contributed by atoms with Crippen molar-refractivity contribution in [3.05, 3.63) is 0 Å². The van der Waals surface area contributed by atoms with Crippen LogP contribution in [-0.4, -0.2) is 54.7 Å². The molecule has 1 rings (SSSR count). The third-order valence-corrected chi connectivity index (χ3v) is 2.98. The maximum Gasteiger partial charge on any atom is 0.303 e. The van der Waals surface area contributed by atoms with Gasteiger partial charge in [0.05, 0.1) is 12.6 Å². The second-order valence-electron chi connectivity index (χ2n) is 4.82. The summed E-state index contributed by atoms with van der Waals surface area (Å²) in [6, 6.07) is -0.741. The minimum atomic E-state index is -0.936. The molecule has 1 aliphatic rings. The fraction of sp³-hybridized carbons (Fsp3) is 0.833. The molecule has 1 atom stereocenters. The van der Waals surface area contributed by atoms with Crippen LogP contribution in [0.25, 0.3) is 0 Å². The van der Waals surface area contributed by atoms with Gasteiger partial charge in [-0.2, -0.15) is 0 Å². The first-order valence-corrected chi connectivity index (χ1v) is 6.30. The molecule has 6 nitrogen and oxygen atoms in total. The van der Waals surface area contributed by atoms with Crippen LogP contribution in [0.15, 0.2) is 0 Å². The van der Waals surface area contributed by atoms with E-state index in [0.717, 1.165) is 6.61 Å². The van der Waals surface area contributed by atoms with Gasteiger partial charge in [-0.15, -0.1) is 0 Å². The van der Waals surface area contributed by atoms with Gasteiger partial charge in [-0.05, 0) is 25.2 Å². The average molecular weight is 258 g/mol. The maximum absolute atomic E-state index is 11.7. The number of likely N-dealkylation sites (N-methyl/N-ethyl adjacent to an activating group) is 1. The number of amides is 1. The summed E-state index contributed by atoms with van der Waals surface area (Å²) < 4.78 is 5.43. The minimum Gasteiger partial charge on any atom is -0.481 e. The number of hydrogen-bond acceptors (Lipinski definition) is 4. The smallest absolute Gasteiger partial charge is 0.303 e. The molecule has 3 N–H and O–H groups in total. The Hall–Kier alpha value is -1.14. The lowest BCUT2D eigenvalue weighted by Crippen LogP contribution is -2.43. The second-order valence-corrected chi connectivity index (χ2v) is 4.82. The molecule has 18 heavy (non-hydrogen) atoms. The number of ether oxygens (including phenoxy) is 1. The first-order chi connectivity index (χ1) is 8.50. The van der Waals surface area contributed by atoms with E-state index >= 15 is 0 Å². The molecule has 0 aromatic rings. The number of carbonyl (C=O) groups is 2. The van der Waals surface area contributed by atoms with Crippen LogP contribution in [-0.2, 0) is 14.3 Å². The van der Waals surface area contributed by atoms with E-state index < -0.39 is 12.0 Å². The Morgan fingerprint density at radius 1 is 1.50 bits per heavy atom. The molecule has 1 unspecified atom stereocenters. The van der Waals surface area contributed by atoms with Gasteiger partial charge in [0.15, 0.2) is 0 Å². The molecule has 1 aliphatic carbocycles. The topological polar surface area (TPSA) is 92.9 Å². The molecule has 1 amide bonds. The Morgan fingerprint density at radius 2 is 2.17 bits per heavy atom. The quantitative estimate of drug-likeness (QED) is 0.571. The number of nitrogens with two attached hydrogens (primary N) is 1. The molecule has 0 heterocycles. The monoisotopic (exact) mass is 258 g/mol. The molecule has 1 fully saturated rings. The molecule has 0 spiro atoms. The van der Waals surface area contributed by atoms with Crippen LogP contribution in [0.5, 0.6) is 0 Å². The number of nitrogens with zero attached hydrogens (tertiary/aromatic N) is 1. The summed E-state index contributed by atoms with van der Waals surface area (Å²) in [7, 11) is 1.66. The van der Waals surface area contributed by atoms with E-state index in [9.17, 15) is 9.59 Å². The van der Waals surface area contributed by atoms with E-state index in [1.807, 2.05) is 0 Å². The standard InChI is InChI=1S/C12H22N2O4/c1-14(6-7-18-8-9-2-3-9)12(17)10(13)4-5-11(15)16/h9-10H,2-8,13H2,1H3,(H,15,16). The van der Waals surface area contributed by atoms with Crippen molar-refractivity contribution in [3.8, 4) is 0 Å². The Kier molecular flexibility index (Phi) is 6.07. The van der Waals surface area contributed by atoms with E-state index in [-0.39, 0.29) is 18.7 Å². The predicted octanol–water partition coefficient (Wildman–Crippen LogP) is 0.0635. The van der Waals surface area contributed by atoms with Gasteiger partial charge >= 0.3 is 5.97 Å². The highest BCUT2D eigenvalue weighted by Crippen LogP contribution is 2.28. The van der Waals surface area contributed by atoms with Crippen molar-refractivity contribution in [2.75, 3.05) is 26.8 Å². The summed E-state index contributed by atoms with van der Waals surface area (Å²) in [5, 5.41) is 8.51. The van der Waals surface area contributed by atoms with Gasteiger partial charge in [-0.25, -0.2) is 0 Å².